The lowest BCUT2D eigenvalue weighted by Crippen LogP contribution is -2.51. The van der Waals surface area contributed by atoms with Crippen LogP contribution in [0.5, 0.6) is 5.75 Å². The van der Waals surface area contributed by atoms with Gasteiger partial charge in [-0.2, -0.15) is 0 Å². The highest BCUT2D eigenvalue weighted by Gasteiger charge is 2.44. The molecule has 1 amide bonds. The molecule has 8 heteroatoms. The number of carboxylic acid groups (broad SMARTS) is 1. The summed E-state index contributed by atoms with van der Waals surface area (Å²) in [4.78, 5) is 15.2. The third-order valence-corrected chi connectivity index (χ3v) is 6.16. The standard InChI is InChI=1S/C20H23ClN4O3/c1-24(15-10-13-4-5-14(11-15)25(13)20(26)27)19-8-7-17(22-23-19)16-6-3-12(21)9-18(16)28-2/h3,6-9,13-15H,4-5,10-11H2,1-2H3,(H,26,27). The smallest absolute Gasteiger partial charge is 0.407 e. The van der Waals surface area contributed by atoms with Gasteiger partial charge in [0.2, 0.25) is 0 Å². The van der Waals surface area contributed by atoms with Crippen LogP contribution in [0.2, 0.25) is 5.02 Å². The van der Waals surface area contributed by atoms with Crippen molar-refractivity contribution in [2.24, 2.45) is 0 Å². The molecule has 0 spiro atoms. The van der Waals surface area contributed by atoms with E-state index in [4.69, 9.17) is 16.3 Å². The third-order valence-electron chi connectivity index (χ3n) is 5.93. The number of rotatable bonds is 4. The molecule has 2 saturated heterocycles. The molecule has 3 heterocycles. The van der Waals surface area contributed by atoms with E-state index in [1.165, 1.54) is 0 Å². The van der Waals surface area contributed by atoms with E-state index >= 15 is 0 Å². The van der Waals surface area contributed by atoms with E-state index in [1.54, 1.807) is 24.1 Å². The van der Waals surface area contributed by atoms with Gasteiger partial charge in [0.05, 0.1) is 12.8 Å². The summed E-state index contributed by atoms with van der Waals surface area (Å²) in [5, 5.41) is 18.8. The number of benzene rings is 1. The summed E-state index contributed by atoms with van der Waals surface area (Å²) >= 11 is 6.03. The minimum atomic E-state index is -0.797. The van der Waals surface area contributed by atoms with Crippen molar-refractivity contribution in [2.45, 2.75) is 43.8 Å². The normalized spacial score (nSPS) is 23.5. The van der Waals surface area contributed by atoms with Gasteiger partial charge in [-0.3, -0.25) is 0 Å². The van der Waals surface area contributed by atoms with Crippen LogP contribution in [0, 0.1) is 0 Å². The van der Waals surface area contributed by atoms with Gasteiger partial charge in [0.1, 0.15) is 5.75 Å². The molecule has 148 valence electrons. The monoisotopic (exact) mass is 402 g/mol. The number of fused-ring (bicyclic) bond motifs is 2. The van der Waals surface area contributed by atoms with Crippen LogP contribution in [0.1, 0.15) is 25.7 Å². The third kappa shape index (κ3) is 3.35. The predicted octanol–water partition coefficient (Wildman–Crippen LogP) is 3.92. The zero-order valence-corrected chi connectivity index (χ0v) is 16.6. The first kappa shape index (κ1) is 18.8. The zero-order chi connectivity index (χ0) is 19.8. The van der Waals surface area contributed by atoms with Crippen molar-refractivity contribution in [1.29, 1.82) is 0 Å². The summed E-state index contributed by atoms with van der Waals surface area (Å²) in [6.07, 6.45) is 2.75. The Hall–Kier alpha value is -2.54. The quantitative estimate of drug-likeness (QED) is 0.835. The molecule has 1 N–H and O–H groups in total. The van der Waals surface area contributed by atoms with E-state index in [2.05, 4.69) is 15.1 Å². The van der Waals surface area contributed by atoms with E-state index in [1.807, 2.05) is 25.2 Å². The van der Waals surface area contributed by atoms with Crippen molar-refractivity contribution in [3.63, 3.8) is 0 Å². The fourth-order valence-electron chi connectivity index (χ4n) is 4.50. The summed E-state index contributed by atoms with van der Waals surface area (Å²) in [6, 6.07) is 9.76. The number of piperidine rings is 1. The fraction of sp³-hybridized carbons (Fsp3) is 0.450. The fourth-order valence-corrected chi connectivity index (χ4v) is 4.66. The highest BCUT2D eigenvalue weighted by molar-refractivity contribution is 6.30. The van der Waals surface area contributed by atoms with Gasteiger partial charge in [-0.25, -0.2) is 4.79 Å². The van der Waals surface area contributed by atoms with Crippen molar-refractivity contribution in [1.82, 2.24) is 15.1 Å². The van der Waals surface area contributed by atoms with Crippen molar-refractivity contribution < 1.29 is 14.6 Å². The molecular weight excluding hydrogens is 380 g/mol. The Labute approximate surface area is 168 Å². The number of carbonyl (C=O) groups is 1. The predicted molar refractivity (Wildman–Crippen MR) is 107 cm³/mol. The van der Waals surface area contributed by atoms with Gasteiger partial charge in [0.15, 0.2) is 5.82 Å². The van der Waals surface area contributed by atoms with Crippen LogP contribution < -0.4 is 9.64 Å². The maximum Gasteiger partial charge on any atom is 0.407 e. The number of nitrogens with zero attached hydrogens (tertiary/aromatic N) is 4. The number of hydrogen-bond acceptors (Lipinski definition) is 5. The Kier molecular flexibility index (Phi) is 5.02. The van der Waals surface area contributed by atoms with Crippen LogP contribution in [-0.2, 0) is 0 Å². The SMILES string of the molecule is COc1cc(Cl)ccc1-c1ccc(N(C)C2CC3CCC(C2)N3C(=O)O)nn1. The van der Waals surface area contributed by atoms with E-state index in [-0.39, 0.29) is 18.1 Å². The van der Waals surface area contributed by atoms with Gasteiger partial charge in [0, 0.05) is 35.8 Å². The molecule has 28 heavy (non-hydrogen) atoms. The number of aromatic nitrogens is 2. The molecule has 7 nitrogen and oxygen atoms in total. The maximum atomic E-state index is 11.5. The summed E-state index contributed by atoms with van der Waals surface area (Å²) < 4.78 is 5.40. The van der Waals surface area contributed by atoms with E-state index in [0.717, 1.165) is 37.1 Å². The van der Waals surface area contributed by atoms with Gasteiger partial charge in [-0.1, -0.05) is 11.6 Å². The highest BCUT2D eigenvalue weighted by atomic mass is 35.5. The molecule has 2 aromatic rings. The molecule has 1 aromatic heterocycles. The van der Waals surface area contributed by atoms with Crippen LogP contribution in [0.3, 0.4) is 0 Å². The van der Waals surface area contributed by atoms with Crippen molar-refractivity contribution in [3.8, 4) is 17.0 Å². The zero-order valence-electron chi connectivity index (χ0n) is 15.9. The summed E-state index contributed by atoms with van der Waals surface area (Å²) in [6.45, 7) is 0. The Morgan fingerprint density at radius 2 is 1.93 bits per heavy atom. The number of ether oxygens (including phenoxy) is 1. The van der Waals surface area contributed by atoms with Crippen LogP contribution in [0.25, 0.3) is 11.3 Å². The molecular formula is C20H23ClN4O3. The first-order chi connectivity index (χ1) is 13.5. The maximum absolute atomic E-state index is 11.5. The average molecular weight is 403 g/mol. The largest absolute Gasteiger partial charge is 0.496 e. The van der Waals surface area contributed by atoms with Crippen LogP contribution in [-0.4, -0.2) is 58.6 Å². The number of methoxy groups -OCH3 is 1. The average Bonchev–Trinajstić information content (AvgIpc) is 2.98. The second-order valence-electron chi connectivity index (χ2n) is 7.43. The lowest BCUT2D eigenvalue weighted by molar-refractivity contribution is 0.0965. The molecule has 2 unspecified atom stereocenters. The van der Waals surface area contributed by atoms with Crippen molar-refractivity contribution in [2.75, 3.05) is 19.1 Å². The Morgan fingerprint density at radius 1 is 1.21 bits per heavy atom. The number of anilines is 1. The molecule has 0 aliphatic carbocycles. The summed E-state index contributed by atoms with van der Waals surface area (Å²) in [5.74, 6) is 1.44. The second kappa shape index (κ2) is 7.47. The number of hydrogen-bond donors (Lipinski definition) is 1. The van der Waals surface area contributed by atoms with Gasteiger partial charge in [-0.05, 0) is 56.0 Å². The van der Waals surface area contributed by atoms with E-state index in [9.17, 15) is 9.90 Å². The number of amides is 1. The topological polar surface area (TPSA) is 78.8 Å². The second-order valence-corrected chi connectivity index (χ2v) is 7.87. The van der Waals surface area contributed by atoms with Crippen molar-refractivity contribution >= 4 is 23.5 Å². The molecule has 1 aromatic carbocycles. The molecule has 2 bridgehead atoms. The van der Waals surface area contributed by atoms with Crippen LogP contribution >= 0.6 is 11.6 Å². The highest BCUT2D eigenvalue weighted by Crippen LogP contribution is 2.38. The molecule has 0 saturated carbocycles. The van der Waals surface area contributed by atoms with Gasteiger partial charge < -0.3 is 19.6 Å². The van der Waals surface area contributed by atoms with Gasteiger partial charge >= 0.3 is 6.09 Å². The Balaban J connectivity index is 1.51. The van der Waals surface area contributed by atoms with Crippen LogP contribution in [0.4, 0.5) is 10.6 Å². The Bertz CT molecular complexity index is 862. The van der Waals surface area contributed by atoms with E-state index in [0.29, 0.717) is 16.5 Å². The minimum absolute atomic E-state index is 0.106. The molecule has 0 radical (unpaired) electrons. The first-order valence-electron chi connectivity index (χ1n) is 9.39. The summed E-state index contributed by atoms with van der Waals surface area (Å²) in [7, 11) is 3.61. The van der Waals surface area contributed by atoms with E-state index < -0.39 is 6.09 Å². The molecule has 2 aliphatic rings. The molecule has 2 aliphatic heterocycles. The van der Waals surface area contributed by atoms with Gasteiger partial charge in [0.25, 0.3) is 0 Å². The lowest BCUT2D eigenvalue weighted by Gasteiger charge is -2.41. The molecule has 2 atom stereocenters. The van der Waals surface area contributed by atoms with Crippen molar-refractivity contribution in [3.05, 3.63) is 35.4 Å². The van der Waals surface area contributed by atoms with Crippen LogP contribution in [0.15, 0.2) is 30.3 Å². The minimum Gasteiger partial charge on any atom is -0.496 e. The molecule has 4 rings (SSSR count). The van der Waals surface area contributed by atoms with Gasteiger partial charge in [-0.15, -0.1) is 10.2 Å². The number of halogens is 1. The lowest BCUT2D eigenvalue weighted by atomic mass is 9.96. The molecule has 2 fully saturated rings. The first-order valence-corrected chi connectivity index (χ1v) is 9.77. The summed E-state index contributed by atoms with van der Waals surface area (Å²) in [5.41, 5.74) is 1.55. The Morgan fingerprint density at radius 3 is 2.50 bits per heavy atom.